The molecule has 0 radical (unpaired) electrons. The van der Waals surface area contributed by atoms with E-state index in [9.17, 15) is 0 Å². The lowest BCUT2D eigenvalue weighted by Gasteiger charge is -2.15. The molecule has 2 rings (SSSR count). The van der Waals surface area contributed by atoms with Gasteiger partial charge in [0.05, 0.1) is 0 Å². The lowest BCUT2D eigenvalue weighted by molar-refractivity contribution is 0.743. The van der Waals surface area contributed by atoms with E-state index in [2.05, 4.69) is 45.9 Å². The van der Waals surface area contributed by atoms with Crippen LogP contribution in [0.4, 0.5) is 0 Å². The SMILES string of the molecule is CCCCc1nc(C)c2ccc(C)cc2c1CCCC. The lowest BCUT2D eigenvalue weighted by Crippen LogP contribution is -2.03. The summed E-state index contributed by atoms with van der Waals surface area (Å²) >= 11 is 0. The van der Waals surface area contributed by atoms with Crippen LogP contribution in [-0.4, -0.2) is 4.98 Å². The first-order valence-electron chi connectivity index (χ1n) is 8.06. The fraction of sp³-hybridized carbons (Fsp3) is 0.526. The summed E-state index contributed by atoms with van der Waals surface area (Å²) in [5, 5.41) is 2.78. The molecule has 0 aliphatic heterocycles. The minimum Gasteiger partial charge on any atom is -0.257 e. The van der Waals surface area contributed by atoms with Gasteiger partial charge in [-0.15, -0.1) is 0 Å². The first-order chi connectivity index (χ1) is 9.67. The first-order valence-corrected chi connectivity index (χ1v) is 8.06. The van der Waals surface area contributed by atoms with Crippen molar-refractivity contribution < 1.29 is 0 Å². The zero-order valence-electron chi connectivity index (χ0n) is 13.4. The van der Waals surface area contributed by atoms with Gasteiger partial charge < -0.3 is 0 Å². The molecule has 0 aliphatic carbocycles. The summed E-state index contributed by atoms with van der Waals surface area (Å²) in [6, 6.07) is 6.79. The van der Waals surface area contributed by atoms with E-state index in [4.69, 9.17) is 4.98 Å². The Labute approximate surface area is 123 Å². The molecule has 0 aliphatic rings. The van der Waals surface area contributed by atoms with Crippen molar-refractivity contribution in [2.24, 2.45) is 0 Å². The summed E-state index contributed by atoms with van der Waals surface area (Å²) in [6.07, 6.45) is 7.27. The van der Waals surface area contributed by atoms with Crippen LogP contribution in [-0.2, 0) is 12.8 Å². The Morgan fingerprint density at radius 2 is 1.60 bits per heavy atom. The van der Waals surface area contributed by atoms with E-state index >= 15 is 0 Å². The largest absolute Gasteiger partial charge is 0.257 e. The molecule has 0 saturated heterocycles. The lowest BCUT2D eigenvalue weighted by atomic mass is 9.94. The molecular weight excluding hydrogens is 242 g/mol. The third-order valence-electron chi connectivity index (χ3n) is 4.09. The highest BCUT2D eigenvalue weighted by Gasteiger charge is 2.11. The Morgan fingerprint density at radius 3 is 2.30 bits per heavy atom. The Balaban J connectivity index is 2.57. The van der Waals surface area contributed by atoms with Crippen molar-refractivity contribution in [3.8, 4) is 0 Å². The summed E-state index contributed by atoms with van der Waals surface area (Å²) in [5.74, 6) is 0. The van der Waals surface area contributed by atoms with Crippen LogP contribution >= 0.6 is 0 Å². The second-order valence-electron chi connectivity index (χ2n) is 5.88. The summed E-state index contributed by atoms with van der Waals surface area (Å²) in [4.78, 5) is 4.92. The molecule has 1 heteroatoms. The van der Waals surface area contributed by atoms with E-state index in [-0.39, 0.29) is 0 Å². The fourth-order valence-corrected chi connectivity index (χ4v) is 2.89. The van der Waals surface area contributed by atoms with Crippen LogP contribution in [0.15, 0.2) is 18.2 Å². The molecule has 1 heterocycles. The van der Waals surface area contributed by atoms with Gasteiger partial charge in [-0.2, -0.15) is 0 Å². The second kappa shape index (κ2) is 6.88. The van der Waals surface area contributed by atoms with E-state index in [0.29, 0.717) is 0 Å². The van der Waals surface area contributed by atoms with Gasteiger partial charge in [0.1, 0.15) is 0 Å². The number of fused-ring (bicyclic) bond motifs is 1. The molecule has 0 unspecified atom stereocenters. The maximum atomic E-state index is 4.92. The van der Waals surface area contributed by atoms with Crippen LogP contribution in [0.25, 0.3) is 10.8 Å². The molecular formula is C19H27N. The number of hydrogen-bond acceptors (Lipinski definition) is 1. The summed E-state index contributed by atoms with van der Waals surface area (Å²) in [6.45, 7) is 8.85. The van der Waals surface area contributed by atoms with E-state index in [1.54, 1.807) is 0 Å². The van der Waals surface area contributed by atoms with Crippen LogP contribution in [0.5, 0.6) is 0 Å². The molecule has 108 valence electrons. The number of pyridine rings is 1. The summed E-state index contributed by atoms with van der Waals surface area (Å²) in [7, 11) is 0. The Hall–Kier alpha value is -1.37. The van der Waals surface area contributed by atoms with Gasteiger partial charge in [-0.05, 0) is 50.5 Å². The minimum atomic E-state index is 1.13. The highest BCUT2D eigenvalue weighted by atomic mass is 14.7. The molecule has 0 amide bonds. The van der Waals surface area contributed by atoms with E-state index in [1.165, 1.54) is 65.4 Å². The predicted octanol–water partition coefficient (Wildman–Crippen LogP) is 5.54. The number of rotatable bonds is 6. The van der Waals surface area contributed by atoms with Crippen molar-refractivity contribution in [2.75, 3.05) is 0 Å². The molecule has 1 aromatic heterocycles. The van der Waals surface area contributed by atoms with Gasteiger partial charge in [-0.25, -0.2) is 0 Å². The van der Waals surface area contributed by atoms with Crippen LogP contribution in [0.1, 0.15) is 62.0 Å². The van der Waals surface area contributed by atoms with Gasteiger partial charge in [-0.3, -0.25) is 4.98 Å². The van der Waals surface area contributed by atoms with Crippen molar-refractivity contribution in [3.63, 3.8) is 0 Å². The second-order valence-corrected chi connectivity index (χ2v) is 5.88. The van der Waals surface area contributed by atoms with E-state index in [0.717, 1.165) is 6.42 Å². The van der Waals surface area contributed by atoms with Crippen LogP contribution in [0.2, 0.25) is 0 Å². The molecule has 0 fully saturated rings. The van der Waals surface area contributed by atoms with Gasteiger partial charge in [0.25, 0.3) is 0 Å². The third kappa shape index (κ3) is 3.20. The Morgan fingerprint density at radius 1 is 0.900 bits per heavy atom. The van der Waals surface area contributed by atoms with Crippen molar-refractivity contribution in [2.45, 2.75) is 66.2 Å². The molecule has 0 saturated carbocycles. The topological polar surface area (TPSA) is 12.9 Å². The molecule has 0 bridgehead atoms. The van der Waals surface area contributed by atoms with E-state index in [1.807, 2.05) is 0 Å². The van der Waals surface area contributed by atoms with Crippen LogP contribution < -0.4 is 0 Å². The molecule has 20 heavy (non-hydrogen) atoms. The molecule has 2 aromatic rings. The third-order valence-corrected chi connectivity index (χ3v) is 4.09. The summed E-state index contributed by atoms with van der Waals surface area (Å²) < 4.78 is 0. The number of nitrogens with zero attached hydrogens (tertiary/aromatic N) is 1. The summed E-state index contributed by atoms with van der Waals surface area (Å²) in [5.41, 5.74) is 5.38. The number of aryl methyl sites for hydroxylation is 4. The predicted molar refractivity (Wildman–Crippen MR) is 88.4 cm³/mol. The normalized spacial score (nSPS) is 11.2. The highest BCUT2D eigenvalue weighted by Crippen LogP contribution is 2.27. The number of aromatic nitrogens is 1. The maximum Gasteiger partial charge on any atom is 0.0454 e. The van der Waals surface area contributed by atoms with Gasteiger partial charge in [0, 0.05) is 16.8 Å². The van der Waals surface area contributed by atoms with E-state index < -0.39 is 0 Å². The zero-order chi connectivity index (χ0) is 14.5. The number of hydrogen-bond donors (Lipinski definition) is 0. The smallest absolute Gasteiger partial charge is 0.0454 e. The Bertz CT molecular complexity index is 584. The zero-order valence-corrected chi connectivity index (χ0v) is 13.4. The van der Waals surface area contributed by atoms with Gasteiger partial charge in [0.15, 0.2) is 0 Å². The Kier molecular flexibility index (Phi) is 5.17. The standard InChI is InChI=1S/C19H27N/c1-5-7-9-17-18-13-14(3)11-12-16(18)15(4)20-19(17)10-8-6-2/h11-13H,5-10H2,1-4H3. The quantitative estimate of drug-likeness (QED) is 0.671. The molecule has 0 spiro atoms. The number of unbranched alkanes of at least 4 members (excludes halogenated alkanes) is 2. The first kappa shape index (κ1) is 15.0. The molecule has 1 aromatic carbocycles. The van der Waals surface area contributed by atoms with Crippen LogP contribution in [0, 0.1) is 13.8 Å². The minimum absolute atomic E-state index is 1.13. The van der Waals surface area contributed by atoms with Gasteiger partial charge in [-0.1, -0.05) is 50.5 Å². The average molecular weight is 269 g/mol. The molecule has 1 nitrogen and oxygen atoms in total. The monoisotopic (exact) mass is 269 g/mol. The van der Waals surface area contributed by atoms with Crippen LogP contribution in [0.3, 0.4) is 0 Å². The van der Waals surface area contributed by atoms with Gasteiger partial charge in [0.2, 0.25) is 0 Å². The van der Waals surface area contributed by atoms with Crippen molar-refractivity contribution in [1.29, 1.82) is 0 Å². The van der Waals surface area contributed by atoms with Crippen molar-refractivity contribution >= 4 is 10.8 Å². The highest BCUT2D eigenvalue weighted by molar-refractivity contribution is 5.88. The van der Waals surface area contributed by atoms with Gasteiger partial charge >= 0.3 is 0 Å². The van der Waals surface area contributed by atoms with Crippen molar-refractivity contribution in [1.82, 2.24) is 4.98 Å². The molecule has 0 atom stereocenters. The van der Waals surface area contributed by atoms with Crippen molar-refractivity contribution in [3.05, 3.63) is 40.7 Å². The number of benzene rings is 1. The fourth-order valence-electron chi connectivity index (χ4n) is 2.89. The molecule has 0 N–H and O–H groups in total. The maximum absolute atomic E-state index is 4.92. The average Bonchev–Trinajstić information content (AvgIpc) is 2.44.